The van der Waals surface area contributed by atoms with Crippen molar-refractivity contribution >= 4 is 30.7 Å². The maximum atomic E-state index is 13.2. The minimum Gasteiger partial charge on any atom is -0.373 e. The molecular formula is C18H37Cl2N3O2. The first-order valence-electron chi connectivity index (χ1n) is 9.25. The summed E-state index contributed by atoms with van der Waals surface area (Å²) >= 11 is 0. The number of ether oxygens (including phenoxy) is 1. The second kappa shape index (κ2) is 11.6. The molecular weight excluding hydrogens is 361 g/mol. The van der Waals surface area contributed by atoms with E-state index in [2.05, 4.69) is 42.8 Å². The average molecular weight is 398 g/mol. The Morgan fingerprint density at radius 2 is 1.76 bits per heavy atom. The number of piperidine rings is 1. The van der Waals surface area contributed by atoms with Crippen LogP contribution in [0.1, 0.15) is 40.5 Å². The van der Waals surface area contributed by atoms with Crippen LogP contribution < -0.4 is 5.32 Å². The van der Waals surface area contributed by atoms with E-state index in [1.807, 2.05) is 7.05 Å². The molecule has 2 aliphatic heterocycles. The summed E-state index contributed by atoms with van der Waals surface area (Å²) in [5.74, 6) is 1.24. The lowest BCUT2D eigenvalue weighted by Crippen LogP contribution is -2.58. The molecule has 25 heavy (non-hydrogen) atoms. The Morgan fingerprint density at radius 3 is 2.28 bits per heavy atom. The number of carbonyl (C=O) groups excluding carboxylic acids is 1. The lowest BCUT2D eigenvalue weighted by Gasteiger charge is -2.44. The van der Waals surface area contributed by atoms with Crippen LogP contribution in [0, 0.1) is 11.8 Å². The van der Waals surface area contributed by atoms with Crippen molar-refractivity contribution in [3.05, 3.63) is 0 Å². The Morgan fingerprint density at radius 1 is 1.16 bits per heavy atom. The molecule has 4 unspecified atom stereocenters. The molecule has 2 aliphatic rings. The number of likely N-dealkylation sites (tertiary alicyclic amines) is 1. The fourth-order valence-corrected chi connectivity index (χ4v) is 4.22. The number of hydrogen-bond donors (Lipinski definition) is 1. The summed E-state index contributed by atoms with van der Waals surface area (Å²) in [7, 11) is 1.99. The average Bonchev–Trinajstić information content (AvgIpc) is 2.46. The molecule has 1 N–H and O–H groups in total. The minimum absolute atomic E-state index is 0. The van der Waals surface area contributed by atoms with E-state index in [9.17, 15) is 4.79 Å². The van der Waals surface area contributed by atoms with E-state index in [1.54, 1.807) is 0 Å². The van der Waals surface area contributed by atoms with E-state index >= 15 is 0 Å². The molecule has 0 bridgehead atoms. The molecule has 2 heterocycles. The summed E-state index contributed by atoms with van der Waals surface area (Å²) in [5.41, 5.74) is 0. The Kier molecular flexibility index (Phi) is 11.6. The Labute approximate surface area is 166 Å². The largest absolute Gasteiger partial charge is 0.373 e. The number of nitrogens with one attached hydrogen (secondary N) is 1. The lowest BCUT2D eigenvalue weighted by molar-refractivity contribution is -0.147. The number of morpholine rings is 1. The number of nitrogens with zero attached hydrogens (tertiary/aromatic N) is 2. The van der Waals surface area contributed by atoms with E-state index < -0.39 is 0 Å². The Bertz CT molecular complexity index is 387. The predicted molar refractivity (Wildman–Crippen MR) is 108 cm³/mol. The van der Waals surface area contributed by atoms with Crippen LogP contribution in [0.4, 0.5) is 0 Å². The van der Waals surface area contributed by atoms with Crippen molar-refractivity contribution in [3.8, 4) is 0 Å². The van der Waals surface area contributed by atoms with Crippen molar-refractivity contribution in [2.45, 2.75) is 58.8 Å². The summed E-state index contributed by atoms with van der Waals surface area (Å²) in [5, 5.41) is 3.26. The van der Waals surface area contributed by atoms with Crippen LogP contribution in [0.2, 0.25) is 0 Å². The molecule has 150 valence electrons. The maximum Gasteiger partial charge on any atom is 0.240 e. The highest BCUT2D eigenvalue weighted by Gasteiger charge is 2.37. The van der Waals surface area contributed by atoms with E-state index in [0.29, 0.717) is 17.7 Å². The molecule has 1 amide bonds. The fraction of sp³-hybridized carbons (Fsp3) is 0.944. The van der Waals surface area contributed by atoms with Crippen LogP contribution in [0.3, 0.4) is 0 Å². The predicted octanol–water partition coefficient (Wildman–Crippen LogP) is 2.42. The monoisotopic (exact) mass is 397 g/mol. The first kappa shape index (κ1) is 24.9. The van der Waals surface area contributed by atoms with Gasteiger partial charge in [0.2, 0.25) is 5.91 Å². The lowest BCUT2D eigenvalue weighted by atomic mass is 9.94. The molecule has 2 saturated heterocycles. The molecule has 0 aromatic rings. The Balaban J connectivity index is 0.00000288. The van der Waals surface area contributed by atoms with Gasteiger partial charge in [-0.3, -0.25) is 9.69 Å². The normalized spacial score (nSPS) is 28.9. The highest BCUT2D eigenvalue weighted by molar-refractivity contribution is 5.85. The molecule has 2 rings (SSSR count). The maximum absolute atomic E-state index is 13.2. The third-order valence-corrected chi connectivity index (χ3v) is 5.05. The third kappa shape index (κ3) is 6.87. The van der Waals surface area contributed by atoms with Crippen LogP contribution in [0.25, 0.3) is 0 Å². The topological polar surface area (TPSA) is 44.8 Å². The number of hydrogen-bond acceptors (Lipinski definition) is 4. The van der Waals surface area contributed by atoms with Gasteiger partial charge in [0.25, 0.3) is 0 Å². The first-order chi connectivity index (χ1) is 10.9. The molecule has 4 atom stereocenters. The molecule has 0 radical (unpaired) electrons. The third-order valence-electron chi connectivity index (χ3n) is 5.05. The zero-order valence-corrected chi connectivity index (χ0v) is 18.0. The van der Waals surface area contributed by atoms with E-state index in [0.717, 1.165) is 39.1 Å². The molecule has 5 nitrogen and oxygen atoms in total. The van der Waals surface area contributed by atoms with Gasteiger partial charge in [-0.1, -0.05) is 13.8 Å². The quantitative estimate of drug-likeness (QED) is 0.773. The zero-order valence-electron chi connectivity index (χ0n) is 16.4. The van der Waals surface area contributed by atoms with Crippen LogP contribution in [0.15, 0.2) is 0 Å². The zero-order chi connectivity index (χ0) is 17.0. The summed E-state index contributed by atoms with van der Waals surface area (Å²) in [6, 6.07) is -0.0165. The van der Waals surface area contributed by atoms with E-state index in [1.165, 1.54) is 6.42 Å². The van der Waals surface area contributed by atoms with Gasteiger partial charge in [-0.15, -0.1) is 24.8 Å². The second-order valence-corrected chi connectivity index (χ2v) is 7.75. The summed E-state index contributed by atoms with van der Waals surface area (Å²) in [6.07, 6.45) is 2.75. The molecule has 7 heteroatoms. The van der Waals surface area contributed by atoms with Gasteiger partial charge in [-0.05, 0) is 52.1 Å². The smallest absolute Gasteiger partial charge is 0.240 e. The highest BCUT2D eigenvalue weighted by atomic mass is 35.5. The minimum atomic E-state index is -0.0165. The van der Waals surface area contributed by atoms with Gasteiger partial charge in [0, 0.05) is 26.2 Å². The molecule has 0 spiro atoms. The van der Waals surface area contributed by atoms with Crippen molar-refractivity contribution in [1.82, 2.24) is 15.1 Å². The second-order valence-electron chi connectivity index (χ2n) is 7.75. The van der Waals surface area contributed by atoms with Crippen LogP contribution in [-0.2, 0) is 9.53 Å². The molecule has 2 fully saturated rings. The number of halogens is 2. The van der Waals surface area contributed by atoms with Gasteiger partial charge >= 0.3 is 0 Å². The van der Waals surface area contributed by atoms with Gasteiger partial charge in [0.1, 0.15) is 0 Å². The van der Waals surface area contributed by atoms with Crippen LogP contribution in [0.5, 0.6) is 0 Å². The fourth-order valence-electron chi connectivity index (χ4n) is 4.22. The van der Waals surface area contributed by atoms with Crippen molar-refractivity contribution in [1.29, 1.82) is 0 Å². The van der Waals surface area contributed by atoms with Crippen molar-refractivity contribution < 1.29 is 9.53 Å². The number of amides is 1. The summed E-state index contributed by atoms with van der Waals surface area (Å²) < 4.78 is 5.85. The van der Waals surface area contributed by atoms with Gasteiger partial charge in [0.15, 0.2) is 0 Å². The van der Waals surface area contributed by atoms with Gasteiger partial charge in [0.05, 0.1) is 18.2 Å². The van der Waals surface area contributed by atoms with E-state index in [-0.39, 0.29) is 43.1 Å². The summed E-state index contributed by atoms with van der Waals surface area (Å²) in [6.45, 7) is 13.1. The molecule has 0 aromatic heterocycles. The number of rotatable bonds is 5. The van der Waals surface area contributed by atoms with E-state index in [4.69, 9.17) is 4.74 Å². The van der Waals surface area contributed by atoms with Crippen molar-refractivity contribution in [3.63, 3.8) is 0 Å². The first-order valence-corrected chi connectivity index (χ1v) is 9.25. The van der Waals surface area contributed by atoms with Crippen molar-refractivity contribution in [2.24, 2.45) is 11.8 Å². The standard InChI is InChI=1S/C18H35N3O2.2ClH/c1-13(2)17(21-10-14(3)23-15(4)11-21)18(22)20-8-6-7-16(12-20)9-19-5;;/h13-17,19H,6-12H2,1-5H3;2*1H. The van der Waals surface area contributed by atoms with Gasteiger partial charge in [-0.2, -0.15) is 0 Å². The molecule has 0 saturated carbocycles. The van der Waals surface area contributed by atoms with Crippen LogP contribution in [-0.4, -0.2) is 73.7 Å². The van der Waals surface area contributed by atoms with Crippen LogP contribution >= 0.6 is 24.8 Å². The Hall–Kier alpha value is -0.0700. The highest BCUT2D eigenvalue weighted by Crippen LogP contribution is 2.23. The summed E-state index contributed by atoms with van der Waals surface area (Å²) in [4.78, 5) is 17.7. The SMILES string of the molecule is CNCC1CCCN(C(=O)C(C(C)C)N2CC(C)OC(C)C2)C1.Cl.Cl. The van der Waals surface area contributed by atoms with Crippen molar-refractivity contribution in [2.75, 3.05) is 39.8 Å². The number of carbonyl (C=O) groups is 1. The molecule has 0 aliphatic carbocycles. The molecule has 0 aromatic carbocycles. The van der Waals surface area contributed by atoms with Gasteiger partial charge < -0.3 is 15.0 Å². The van der Waals surface area contributed by atoms with Gasteiger partial charge in [-0.25, -0.2) is 0 Å².